The smallest absolute Gasteiger partial charge is 0.269 e. The van der Waals surface area contributed by atoms with Crippen LogP contribution < -0.4 is 25.6 Å². The number of hydrazine groups is 1. The third-order valence-electron chi connectivity index (χ3n) is 3.63. The van der Waals surface area contributed by atoms with Gasteiger partial charge in [0.2, 0.25) is 0 Å². The monoisotopic (exact) mass is 483 g/mol. The van der Waals surface area contributed by atoms with Gasteiger partial charge in [0, 0.05) is 5.56 Å². The first-order chi connectivity index (χ1) is 13.7. The number of halogens is 1. The van der Waals surface area contributed by atoms with Gasteiger partial charge in [-0.2, -0.15) is 0 Å². The highest BCUT2D eigenvalue weighted by Crippen LogP contribution is 2.28. The number of carbonyl (C=O) groups excluding carboxylic acids is 3. The van der Waals surface area contributed by atoms with E-state index >= 15 is 0 Å². The van der Waals surface area contributed by atoms with Crippen LogP contribution >= 0.6 is 27.3 Å². The van der Waals surface area contributed by atoms with Crippen molar-refractivity contribution >= 4 is 45.0 Å². The third-order valence-corrected chi connectivity index (χ3v) is 5.25. The predicted octanol–water partition coefficient (Wildman–Crippen LogP) is 2.89. The molecule has 1 unspecified atom stereocenters. The van der Waals surface area contributed by atoms with Crippen molar-refractivity contribution < 1.29 is 23.9 Å². The van der Waals surface area contributed by atoms with Crippen molar-refractivity contribution in [1.82, 2.24) is 16.2 Å². The molecule has 0 bridgehead atoms. The fraction of sp³-hybridized carbons (Fsp3) is 0.316. The van der Waals surface area contributed by atoms with Gasteiger partial charge in [0.1, 0.15) is 6.04 Å². The molecule has 1 heterocycles. The second kappa shape index (κ2) is 10.3. The highest BCUT2D eigenvalue weighted by atomic mass is 79.9. The molecule has 0 fully saturated rings. The number of amides is 3. The summed E-state index contributed by atoms with van der Waals surface area (Å²) in [6.07, 6.45) is -0.0464. The number of ether oxygens (including phenoxy) is 2. The lowest BCUT2D eigenvalue weighted by Crippen LogP contribution is -2.51. The summed E-state index contributed by atoms with van der Waals surface area (Å²) < 4.78 is 11.7. The molecule has 0 aliphatic heterocycles. The number of thiophene rings is 1. The standard InChI is InChI=1S/C19H22BrN3O5S/c1-10(2)28-13-6-5-12(9-14(13)27-4)18(25)23-22-17(24)11(3)21-19(26)15-7-8-16(20)29-15/h5-11H,1-4H3,(H,21,26)(H,22,24)(H,23,25). The zero-order chi connectivity index (χ0) is 21.6. The molecule has 0 saturated carbocycles. The van der Waals surface area contributed by atoms with Crippen LogP contribution in [-0.2, 0) is 4.79 Å². The predicted molar refractivity (Wildman–Crippen MR) is 113 cm³/mol. The van der Waals surface area contributed by atoms with Gasteiger partial charge >= 0.3 is 0 Å². The number of rotatable bonds is 7. The average molecular weight is 484 g/mol. The lowest BCUT2D eigenvalue weighted by molar-refractivity contribution is -0.123. The molecule has 0 saturated heterocycles. The average Bonchev–Trinajstić information content (AvgIpc) is 3.12. The summed E-state index contributed by atoms with van der Waals surface area (Å²) >= 11 is 4.53. The van der Waals surface area contributed by atoms with Crippen molar-refractivity contribution in [1.29, 1.82) is 0 Å². The molecule has 156 valence electrons. The van der Waals surface area contributed by atoms with Gasteiger partial charge in [-0.15, -0.1) is 11.3 Å². The van der Waals surface area contributed by atoms with Gasteiger partial charge in [-0.1, -0.05) is 0 Å². The Morgan fingerprint density at radius 3 is 2.31 bits per heavy atom. The lowest BCUT2D eigenvalue weighted by atomic mass is 10.2. The van der Waals surface area contributed by atoms with Crippen LogP contribution in [-0.4, -0.2) is 37.0 Å². The maximum atomic E-state index is 12.3. The molecular formula is C19H22BrN3O5S. The van der Waals surface area contributed by atoms with Gasteiger partial charge in [-0.3, -0.25) is 25.2 Å². The van der Waals surface area contributed by atoms with E-state index in [4.69, 9.17) is 9.47 Å². The number of carbonyl (C=O) groups is 3. The zero-order valence-electron chi connectivity index (χ0n) is 16.4. The summed E-state index contributed by atoms with van der Waals surface area (Å²) in [4.78, 5) is 37.0. The first-order valence-electron chi connectivity index (χ1n) is 8.72. The summed E-state index contributed by atoms with van der Waals surface area (Å²) in [7, 11) is 1.47. The van der Waals surface area contributed by atoms with Crippen LogP contribution in [0.15, 0.2) is 34.1 Å². The van der Waals surface area contributed by atoms with Crippen molar-refractivity contribution in [2.75, 3.05) is 7.11 Å². The largest absolute Gasteiger partial charge is 0.493 e. The number of methoxy groups -OCH3 is 1. The molecule has 2 rings (SSSR count). The van der Waals surface area contributed by atoms with Crippen molar-refractivity contribution in [3.05, 3.63) is 44.6 Å². The van der Waals surface area contributed by atoms with Crippen LogP contribution in [0.3, 0.4) is 0 Å². The Labute approximate surface area is 181 Å². The molecule has 1 aromatic carbocycles. The van der Waals surface area contributed by atoms with E-state index in [9.17, 15) is 14.4 Å². The molecule has 8 nitrogen and oxygen atoms in total. The van der Waals surface area contributed by atoms with Gasteiger partial charge in [0.25, 0.3) is 17.7 Å². The van der Waals surface area contributed by atoms with E-state index in [2.05, 4.69) is 32.1 Å². The second-order valence-corrected chi connectivity index (χ2v) is 8.74. The molecule has 2 aromatic rings. The molecule has 1 aromatic heterocycles. The van der Waals surface area contributed by atoms with Crippen LogP contribution in [0, 0.1) is 0 Å². The maximum absolute atomic E-state index is 12.3. The zero-order valence-corrected chi connectivity index (χ0v) is 18.8. The Kier molecular flexibility index (Phi) is 8.03. The quantitative estimate of drug-likeness (QED) is 0.525. The van der Waals surface area contributed by atoms with Crippen molar-refractivity contribution in [3.63, 3.8) is 0 Å². The minimum Gasteiger partial charge on any atom is -0.493 e. The molecule has 0 aliphatic rings. The Morgan fingerprint density at radius 1 is 1.00 bits per heavy atom. The third kappa shape index (κ3) is 6.47. The fourth-order valence-corrected chi connectivity index (χ4v) is 3.52. The van der Waals surface area contributed by atoms with Crippen LogP contribution in [0.5, 0.6) is 11.5 Å². The van der Waals surface area contributed by atoms with Gasteiger partial charge in [0.05, 0.1) is 21.9 Å². The van der Waals surface area contributed by atoms with Crippen LogP contribution in [0.4, 0.5) is 0 Å². The van der Waals surface area contributed by atoms with Crippen molar-refractivity contribution in [2.24, 2.45) is 0 Å². The minimum atomic E-state index is -0.847. The summed E-state index contributed by atoms with van der Waals surface area (Å²) in [6.45, 7) is 5.28. The number of hydrogen-bond acceptors (Lipinski definition) is 6. The van der Waals surface area contributed by atoms with E-state index in [1.807, 2.05) is 13.8 Å². The Bertz CT molecular complexity index is 900. The Morgan fingerprint density at radius 2 is 1.72 bits per heavy atom. The lowest BCUT2D eigenvalue weighted by Gasteiger charge is -2.16. The molecule has 0 aliphatic carbocycles. The molecule has 10 heteroatoms. The summed E-state index contributed by atoms with van der Waals surface area (Å²) in [5.41, 5.74) is 4.89. The van der Waals surface area contributed by atoms with Crippen molar-refractivity contribution in [3.8, 4) is 11.5 Å². The summed E-state index contributed by atoms with van der Waals surface area (Å²) in [6, 6.07) is 7.24. The van der Waals surface area contributed by atoms with Crippen molar-refractivity contribution in [2.45, 2.75) is 32.9 Å². The molecule has 0 spiro atoms. The summed E-state index contributed by atoms with van der Waals surface area (Å²) in [5.74, 6) is -0.553. The fourth-order valence-electron chi connectivity index (χ4n) is 2.23. The Balaban J connectivity index is 1.92. The van der Waals surface area contributed by atoms with E-state index < -0.39 is 17.9 Å². The van der Waals surface area contributed by atoms with Gasteiger partial charge in [0.15, 0.2) is 11.5 Å². The number of nitrogens with one attached hydrogen (secondary N) is 3. The number of benzene rings is 1. The second-order valence-electron chi connectivity index (χ2n) is 6.27. The van der Waals surface area contributed by atoms with Gasteiger partial charge in [-0.05, 0) is 67.0 Å². The van der Waals surface area contributed by atoms with E-state index in [-0.39, 0.29) is 17.6 Å². The SMILES string of the molecule is COc1cc(C(=O)NNC(=O)C(C)NC(=O)c2ccc(Br)s2)ccc1OC(C)C. The maximum Gasteiger partial charge on any atom is 0.269 e. The molecule has 0 radical (unpaired) electrons. The number of hydrogen-bond donors (Lipinski definition) is 3. The van der Waals surface area contributed by atoms with E-state index in [0.717, 1.165) is 3.79 Å². The summed E-state index contributed by atoms with van der Waals surface area (Å²) in [5, 5.41) is 2.57. The first kappa shape index (κ1) is 22.7. The topological polar surface area (TPSA) is 106 Å². The normalized spacial score (nSPS) is 11.5. The molecular weight excluding hydrogens is 462 g/mol. The highest BCUT2D eigenvalue weighted by Gasteiger charge is 2.19. The Hall–Kier alpha value is -2.59. The van der Waals surface area contributed by atoms with Gasteiger partial charge in [-0.25, -0.2) is 0 Å². The van der Waals surface area contributed by atoms with Gasteiger partial charge < -0.3 is 14.8 Å². The minimum absolute atomic E-state index is 0.0464. The van der Waals surface area contributed by atoms with E-state index in [1.54, 1.807) is 24.3 Å². The van der Waals surface area contributed by atoms with E-state index in [0.29, 0.717) is 16.4 Å². The molecule has 3 N–H and O–H groups in total. The van der Waals surface area contributed by atoms with E-state index in [1.165, 1.54) is 31.4 Å². The highest BCUT2D eigenvalue weighted by molar-refractivity contribution is 9.11. The molecule has 3 amide bonds. The van der Waals surface area contributed by atoms with Crippen LogP contribution in [0.25, 0.3) is 0 Å². The first-order valence-corrected chi connectivity index (χ1v) is 10.3. The molecule has 29 heavy (non-hydrogen) atoms. The van der Waals surface area contributed by atoms with Crippen LogP contribution in [0.1, 0.15) is 40.8 Å². The van der Waals surface area contributed by atoms with Crippen LogP contribution in [0.2, 0.25) is 0 Å². The molecule has 1 atom stereocenters.